The highest BCUT2D eigenvalue weighted by Gasteiger charge is 2.33. The number of benzene rings is 3. The highest BCUT2D eigenvalue weighted by Crippen LogP contribution is 2.23. The molecule has 3 aromatic rings. The number of halogens is 1. The molecule has 0 saturated carbocycles. The number of nitrogens with one attached hydrogen (secondary N) is 1. The Balaban J connectivity index is 2.04. The minimum Gasteiger partial charge on any atom is -0.354 e. The molecule has 0 aliphatic carbocycles. The van der Waals surface area contributed by atoms with Crippen molar-refractivity contribution in [2.75, 3.05) is 23.7 Å². The molecule has 0 heterocycles. The van der Waals surface area contributed by atoms with Gasteiger partial charge in [0.1, 0.15) is 12.6 Å². The lowest BCUT2D eigenvalue weighted by Crippen LogP contribution is -2.53. The van der Waals surface area contributed by atoms with Crippen LogP contribution in [0.15, 0.2) is 72.8 Å². The van der Waals surface area contributed by atoms with Crippen molar-refractivity contribution in [3.05, 3.63) is 100 Å². The topological polar surface area (TPSA) is 86.8 Å². The van der Waals surface area contributed by atoms with Crippen molar-refractivity contribution >= 4 is 39.1 Å². The molecule has 1 N–H and O–H groups in total. The Bertz CT molecular complexity index is 1380. The van der Waals surface area contributed by atoms with Gasteiger partial charge in [-0.2, -0.15) is 0 Å². The highest BCUT2D eigenvalue weighted by molar-refractivity contribution is 7.92. The maximum atomic E-state index is 14.0. The molecule has 2 amide bonds. The van der Waals surface area contributed by atoms with Crippen LogP contribution in [0.1, 0.15) is 35.6 Å². The van der Waals surface area contributed by atoms with Gasteiger partial charge in [0.05, 0.1) is 11.9 Å². The fourth-order valence-corrected chi connectivity index (χ4v) is 5.17. The first-order valence-electron chi connectivity index (χ1n) is 12.9. The van der Waals surface area contributed by atoms with Crippen LogP contribution in [-0.4, -0.2) is 50.5 Å². The van der Waals surface area contributed by atoms with Gasteiger partial charge in [0.2, 0.25) is 21.8 Å². The molecule has 39 heavy (non-hydrogen) atoms. The van der Waals surface area contributed by atoms with E-state index in [4.69, 9.17) is 11.6 Å². The van der Waals surface area contributed by atoms with Crippen LogP contribution in [0.2, 0.25) is 5.02 Å². The SMILES string of the molecule is CCCNC(=O)[C@H](Cc1ccccc1)N(Cc1ccc(Cl)cc1)C(=O)CN(c1ccc(C)c(C)c1)S(C)(=O)=O. The Kier molecular flexibility index (Phi) is 10.5. The molecule has 0 saturated heterocycles. The monoisotopic (exact) mass is 569 g/mol. The van der Waals surface area contributed by atoms with Crippen LogP contribution in [0.5, 0.6) is 0 Å². The van der Waals surface area contributed by atoms with Gasteiger partial charge in [0.25, 0.3) is 0 Å². The summed E-state index contributed by atoms with van der Waals surface area (Å²) in [6, 6.07) is 20.9. The summed E-state index contributed by atoms with van der Waals surface area (Å²) in [5.41, 5.74) is 3.98. The van der Waals surface area contributed by atoms with Gasteiger partial charge < -0.3 is 10.2 Å². The van der Waals surface area contributed by atoms with Gasteiger partial charge in [-0.25, -0.2) is 8.42 Å². The number of nitrogens with zero attached hydrogens (tertiary/aromatic N) is 2. The van der Waals surface area contributed by atoms with Crippen molar-refractivity contribution in [1.82, 2.24) is 10.2 Å². The third-order valence-electron chi connectivity index (χ3n) is 6.54. The van der Waals surface area contributed by atoms with Crippen LogP contribution in [0.25, 0.3) is 0 Å². The number of hydrogen-bond donors (Lipinski definition) is 1. The van der Waals surface area contributed by atoms with Gasteiger partial charge in [0, 0.05) is 24.5 Å². The summed E-state index contributed by atoms with van der Waals surface area (Å²) < 4.78 is 26.9. The number of carbonyl (C=O) groups is 2. The standard InChI is InChI=1S/C30H36ClN3O4S/c1-5-17-32-30(36)28(19-24-9-7-6-8-10-24)33(20-25-12-14-26(31)15-13-25)29(35)21-34(39(4,37)38)27-16-11-22(2)23(3)18-27/h6-16,18,28H,5,17,19-21H2,1-4H3,(H,32,36)/t28-/m0/s1. The molecular formula is C30H36ClN3O4S. The lowest BCUT2D eigenvalue weighted by atomic mass is 10.0. The normalized spacial score (nSPS) is 12.0. The molecule has 208 valence electrons. The van der Waals surface area contributed by atoms with E-state index in [2.05, 4.69) is 5.32 Å². The first-order valence-corrected chi connectivity index (χ1v) is 15.1. The third kappa shape index (κ3) is 8.57. The van der Waals surface area contributed by atoms with Gasteiger partial charge in [-0.1, -0.05) is 67.1 Å². The average molecular weight is 570 g/mol. The molecule has 0 spiro atoms. The molecule has 0 radical (unpaired) electrons. The van der Waals surface area contributed by atoms with Gasteiger partial charge in [0.15, 0.2) is 0 Å². The number of rotatable bonds is 12. The van der Waals surface area contributed by atoms with Gasteiger partial charge in [-0.05, 0) is 66.8 Å². The summed E-state index contributed by atoms with van der Waals surface area (Å²) >= 11 is 6.08. The minimum atomic E-state index is -3.81. The maximum Gasteiger partial charge on any atom is 0.244 e. The molecule has 7 nitrogen and oxygen atoms in total. The average Bonchev–Trinajstić information content (AvgIpc) is 2.90. The Morgan fingerprint density at radius 2 is 1.59 bits per heavy atom. The second-order valence-electron chi connectivity index (χ2n) is 9.68. The Hall–Kier alpha value is -3.36. The number of carbonyl (C=O) groups excluding carboxylic acids is 2. The number of hydrogen-bond acceptors (Lipinski definition) is 4. The van der Waals surface area contributed by atoms with E-state index in [1.54, 1.807) is 36.4 Å². The Morgan fingerprint density at radius 3 is 2.18 bits per heavy atom. The van der Waals surface area contributed by atoms with Crippen LogP contribution in [0.4, 0.5) is 5.69 Å². The molecular weight excluding hydrogens is 534 g/mol. The molecule has 0 bridgehead atoms. The Morgan fingerprint density at radius 1 is 0.923 bits per heavy atom. The molecule has 9 heteroatoms. The van der Waals surface area contributed by atoms with Crippen molar-refractivity contribution in [2.24, 2.45) is 0 Å². The van der Waals surface area contributed by atoms with E-state index in [0.29, 0.717) is 17.3 Å². The van der Waals surface area contributed by atoms with Gasteiger partial charge >= 0.3 is 0 Å². The number of amides is 2. The Labute approximate surface area is 236 Å². The van der Waals surface area contributed by atoms with Crippen LogP contribution in [0.3, 0.4) is 0 Å². The van der Waals surface area contributed by atoms with Crippen LogP contribution < -0.4 is 9.62 Å². The molecule has 3 aromatic carbocycles. The third-order valence-corrected chi connectivity index (χ3v) is 7.94. The summed E-state index contributed by atoms with van der Waals surface area (Å²) in [5.74, 6) is -0.777. The molecule has 0 unspecified atom stereocenters. The van der Waals surface area contributed by atoms with E-state index < -0.39 is 28.5 Å². The largest absolute Gasteiger partial charge is 0.354 e. The van der Waals surface area contributed by atoms with Gasteiger partial charge in [-0.3, -0.25) is 13.9 Å². The molecule has 3 rings (SSSR count). The molecule has 0 aliphatic heterocycles. The van der Waals surface area contributed by atoms with Crippen molar-refractivity contribution < 1.29 is 18.0 Å². The van der Waals surface area contributed by atoms with E-state index in [1.807, 2.05) is 57.2 Å². The fourth-order valence-electron chi connectivity index (χ4n) is 4.20. The van der Waals surface area contributed by atoms with E-state index in [-0.39, 0.29) is 18.9 Å². The maximum absolute atomic E-state index is 14.0. The van der Waals surface area contributed by atoms with E-state index in [9.17, 15) is 18.0 Å². The molecule has 1 atom stereocenters. The van der Waals surface area contributed by atoms with Crippen molar-refractivity contribution in [3.63, 3.8) is 0 Å². The summed E-state index contributed by atoms with van der Waals surface area (Å²) in [6.45, 7) is 5.91. The predicted molar refractivity (Wildman–Crippen MR) is 157 cm³/mol. The van der Waals surface area contributed by atoms with Crippen LogP contribution >= 0.6 is 11.6 Å². The summed E-state index contributed by atoms with van der Waals surface area (Å²) in [5, 5.41) is 3.48. The second kappa shape index (κ2) is 13.6. The quantitative estimate of drug-likeness (QED) is 0.336. The lowest BCUT2D eigenvalue weighted by molar-refractivity contribution is -0.140. The minimum absolute atomic E-state index is 0.109. The molecule has 0 aliphatic rings. The second-order valence-corrected chi connectivity index (χ2v) is 12.0. The van der Waals surface area contributed by atoms with Crippen LogP contribution in [0, 0.1) is 13.8 Å². The van der Waals surface area contributed by atoms with Crippen molar-refractivity contribution in [2.45, 2.75) is 46.2 Å². The first kappa shape index (κ1) is 30.2. The molecule has 0 fully saturated rings. The van der Waals surface area contributed by atoms with Crippen molar-refractivity contribution in [3.8, 4) is 0 Å². The summed E-state index contributed by atoms with van der Waals surface area (Å²) in [4.78, 5) is 29.0. The molecule has 0 aromatic heterocycles. The van der Waals surface area contributed by atoms with E-state index >= 15 is 0 Å². The zero-order valence-electron chi connectivity index (χ0n) is 22.9. The number of sulfonamides is 1. The zero-order valence-corrected chi connectivity index (χ0v) is 24.4. The van der Waals surface area contributed by atoms with Crippen molar-refractivity contribution in [1.29, 1.82) is 0 Å². The number of aryl methyl sites for hydroxylation is 2. The van der Waals surface area contributed by atoms with Crippen LogP contribution in [-0.2, 0) is 32.6 Å². The lowest BCUT2D eigenvalue weighted by Gasteiger charge is -2.33. The smallest absolute Gasteiger partial charge is 0.244 e. The van der Waals surface area contributed by atoms with E-state index in [0.717, 1.165) is 39.2 Å². The van der Waals surface area contributed by atoms with Gasteiger partial charge in [-0.15, -0.1) is 0 Å². The van der Waals surface area contributed by atoms with E-state index in [1.165, 1.54) is 4.90 Å². The fraction of sp³-hybridized carbons (Fsp3) is 0.333. The highest BCUT2D eigenvalue weighted by atomic mass is 35.5. The summed E-state index contributed by atoms with van der Waals surface area (Å²) in [6.07, 6.45) is 2.09. The number of anilines is 1. The summed E-state index contributed by atoms with van der Waals surface area (Å²) in [7, 11) is -3.81. The predicted octanol–water partition coefficient (Wildman–Crippen LogP) is 4.89. The first-order chi connectivity index (χ1) is 18.5. The zero-order chi connectivity index (χ0) is 28.6.